The lowest BCUT2D eigenvalue weighted by molar-refractivity contribution is 0.408. The van der Waals surface area contributed by atoms with Crippen molar-refractivity contribution in [1.29, 1.82) is 0 Å². The van der Waals surface area contributed by atoms with Gasteiger partial charge in [-0.2, -0.15) is 0 Å². The lowest BCUT2D eigenvalue weighted by Crippen LogP contribution is -2.09. The van der Waals surface area contributed by atoms with E-state index in [9.17, 15) is 0 Å². The zero-order chi connectivity index (χ0) is 14.8. The van der Waals surface area contributed by atoms with Crippen molar-refractivity contribution in [3.8, 4) is 5.75 Å². The van der Waals surface area contributed by atoms with Crippen molar-refractivity contribution in [2.24, 2.45) is 5.73 Å². The number of nitrogens with zero attached hydrogens (tertiary/aromatic N) is 1. The van der Waals surface area contributed by atoms with E-state index in [2.05, 4.69) is 17.0 Å². The number of rotatable bonds is 3. The summed E-state index contributed by atoms with van der Waals surface area (Å²) in [5, 5.41) is 0.733. The van der Waals surface area contributed by atoms with Gasteiger partial charge < -0.3 is 15.0 Å². The van der Waals surface area contributed by atoms with Crippen LogP contribution in [0.4, 0.5) is 0 Å². The second-order valence-corrected chi connectivity index (χ2v) is 6.16. The van der Waals surface area contributed by atoms with Crippen molar-refractivity contribution in [1.82, 2.24) is 4.57 Å². The third-order valence-electron chi connectivity index (χ3n) is 4.20. The highest BCUT2D eigenvalue weighted by molar-refractivity contribution is 6.30. The Kier molecular flexibility index (Phi) is 4.22. The Bertz CT molecular complexity index is 636. The Morgan fingerprint density at radius 2 is 2.19 bits per heavy atom. The Hall–Kier alpha value is -1.45. The Morgan fingerprint density at radius 3 is 3.00 bits per heavy atom. The highest BCUT2D eigenvalue weighted by atomic mass is 35.5. The smallest absolute Gasteiger partial charge is 0.123 e. The van der Waals surface area contributed by atoms with Crippen LogP contribution in [-0.4, -0.2) is 11.7 Å². The van der Waals surface area contributed by atoms with E-state index in [-0.39, 0.29) is 6.04 Å². The van der Waals surface area contributed by atoms with E-state index in [1.54, 1.807) is 7.11 Å². The Morgan fingerprint density at radius 1 is 1.33 bits per heavy atom. The predicted molar refractivity (Wildman–Crippen MR) is 86.0 cm³/mol. The normalized spacial score (nSPS) is 18.1. The highest BCUT2D eigenvalue weighted by Crippen LogP contribution is 2.29. The van der Waals surface area contributed by atoms with Crippen molar-refractivity contribution >= 4 is 11.6 Å². The van der Waals surface area contributed by atoms with Crippen LogP contribution in [0, 0.1) is 0 Å². The molecule has 1 aromatic heterocycles. The van der Waals surface area contributed by atoms with Crippen molar-refractivity contribution in [3.63, 3.8) is 0 Å². The van der Waals surface area contributed by atoms with Crippen LogP contribution in [0.3, 0.4) is 0 Å². The van der Waals surface area contributed by atoms with Crippen LogP contribution in [-0.2, 0) is 13.0 Å². The summed E-state index contributed by atoms with van der Waals surface area (Å²) in [5.74, 6) is 0.868. The van der Waals surface area contributed by atoms with E-state index in [1.807, 2.05) is 18.2 Å². The van der Waals surface area contributed by atoms with Crippen LogP contribution in [0.15, 0.2) is 30.6 Å². The zero-order valence-corrected chi connectivity index (χ0v) is 13.1. The molecule has 112 valence electrons. The van der Waals surface area contributed by atoms with Gasteiger partial charge in [0.05, 0.1) is 13.7 Å². The molecular formula is C17H21ClN2O. The van der Waals surface area contributed by atoms with Gasteiger partial charge in [-0.15, -0.1) is 0 Å². The molecule has 1 unspecified atom stereocenters. The minimum Gasteiger partial charge on any atom is -0.496 e. The minimum atomic E-state index is 0.171. The maximum Gasteiger partial charge on any atom is 0.123 e. The number of aromatic nitrogens is 1. The number of benzene rings is 1. The molecule has 1 atom stereocenters. The van der Waals surface area contributed by atoms with Crippen LogP contribution < -0.4 is 10.5 Å². The van der Waals surface area contributed by atoms with E-state index in [1.165, 1.54) is 24.0 Å². The fraction of sp³-hybridized carbons (Fsp3) is 0.412. The predicted octanol–water partition coefficient (Wildman–Crippen LogP) is 3.92. The first-order valence-electron chi connectivity index (χ1n) is 7.44. The topological polar surface area (TPSA) is 40.2 Å². The molecule has 21 heavy (non-hydrogen) atoms. The maximum absolute atomic E-state index is 6.27. The van der Waals surface area contributed by atoms with Crippen molar-refractivity contribution in [2.75, 3.05) is 7.11 Å². The number of ether oxygens (including phenoxy) is 1. The maximum atomic E-state index is 6.27. The van der Waals surface area contributed by atoms with Gasteiger partial charge in [0.1, 0.15) is 5.75 Å². The molecular weight excluding hydrogens is 284 g/mol. The van der Waals surface area contributed by atoms with Crippen molar-refractivity contribution in [2.45, 2.75) is 38.3 Å². The van der Waals surface area contributed by atoms with Gasteiger partial charge in [0.15, 0.2) is 0 Å². The molecule has 3 rings (SSSR count). The quantitative estimate of drug-likeness (QED) is 0.873. The van der Waals surface area contributed by atoms with Gasteiger partial charge in [-0.05, 0) is 48.6 Å². The van der Waals surface area contributed by atoms with Gasteiger partial charge in [0, 0.05) is 29.0 Å². The SMILES string of the molecule is COc1ccc(Cl)cc1Cn1cc2c(c1)C(N)CCCC2. The number of aryl methyl sites for hydroxylation is 1. The molecule has 0 radical (unpaired) electrons. The summed E-state index contributed by atoms with van der Waals surface area (Å²) in [6.07, 6.45) is 9.07. The molecule has 1 heterocycles. The molecule has 0 spiro atoms. The third-order valence-corrected chi connectivity index (χ3v) is 4.44. The average molecular weight is 305 g/mol. The summed E-state index contributed by atoms with van der Waals surface area (Å²) in [4.78, 5) is 0. The van der Waals surface area contributed by atoms with Crippen LogP contribution in [0.5, 0.6) is 5.75 Å². The van der Waals surface area contributed by atoms with Crippen molar-refractivity contribution in [3.05, 3.63) is 52.3 Å². The second kappa shape index (κ2) is 6.12. The molecule has 0 bridgehead atoms. The van der Waals surface area contributed by atoms with Gasteiger partial charge in [0.2, 0.25) is 0 Å². The third kappa shape index (κ3) is 3.09. The van der Waals surface area contributed by atoms with Gasteiger partial charge in [-0.3, -0.25) is 0 Å². The first-order valence-corrected chi connectivity index (χ1v) is 7.81. The number of fused-ring (bicyclic) bond motifs is 1. The highest BCUT2D eigenvalue weighted by Gasteiger charge is 2.17. The fourth-order valence-corrected chi connectivity index (χ4v) is 3.30. The van der Waals surface area contributed by atoms with Gasteiger partial charge >= 0.3 is 0 Å². The van der Waals surface area contributed by atoms with Crippen LogP contribution in [0.25, 0.3) is 0 Å². The largest absolute Gasteiger partial charge is 0.496 e. The molecule has 1 aliphatic rings. The number of hydrogen-bond acceptors (Lipinski definition) is 2. The molecule has 0 amide bonds. The number of methoxy groups -OCH3 is 1. The molecule has 3 nitrogen and oxygen atoms in total. The van der Waals surface area contributed by atoms with E-state index in [4.69, 9.17) is 22.1 Å². The van der Waals surface area contributed by atoms with E-state index < -0.39 is 0 Å². The van der Waals surface area contributed by atoms with E-state index in [0.717, 1.165) is 35.7 Å². The van der Waals surface area contributed by atoms with E-state index in [0.29, 0.717) is 0 Å². The molecule has 0 aliphatic heterocycles. The monoisotopic (exact) mass is 304 g/mol. The minimum absolute atomic E-state index is 0.171. The van der Waals surface area contributed by atoms with Crippen LogP contribution in [0.2, 0.25) is 5.02 Å². The Balaban J connectivity index is 1.89. The molecule has 1 aromatic carbocycles. The summed E-state index contributed by atoms with van der Waals surface area (Å²) in [5.41, 5.74) is 10.1. The molecule has 1 aliphatic carbocycles. The van der Waals surface area contributed by atoms with Gasteiger partial charge in [-0.1, -0.05) is 18.0 Å². The van der Waals surface area contributed by atoms with Crippen molar-refractivity contribution < 1.29 is 4.74 Å². The second-order valence-electron chi connectivity index (χ2n) is 5.72. The number of nitrogens with two attached hydrogens (primary N) is 1. The zero-order valence-electron chi connectivity index (χ0n) is 12.3. The first-order chi connectivity index (χ1) is 10.2. The average Bonchev–Trinajstić information content (AvgIpc) is 2.79. The molecule has 0 fully saturated rings. The summed E-state index contributed by atoms with van der Waals surface area (Å²) in [6.45, 7) is 0.753. The Labute approximate surface area is 130 Å². The molecule has 2 N–H and O–H groups in total. The lowest BCUT2D eigenvalue weighted by Gasteiger charge is -2.10. The molecule has 0 saturated heterocycles. The van der Waals surface area contributed by atoms with E-state index >= 15 is 0 Å². The molecule has 0 saturated carbocycles. The first kappa shape index (κ1) is 14.5. The summed E-state index contributed by atoms with van der Waals surface area (Å²) < 4.78 is 7.62. The molecule has 2 aromatic rings. The van der Waals surface area contributed by atoms with Crippen LogP contribution >= 0.6 is 11.6 Å². The van der Waals surface area contributed by atoms with Crippen LogP contribution in [0.1, 0.15) is 42.0 Å². The summed E-state index contributed by atoms with van der Waals surface area (Å²) in [7, 11) is 1.69. The molecule has 4 heteroatoms. The summed E-state index contributed by atoms with van der Waals surface area (Å²) in [6, 6.07) is 5.90. The lowest BCUT2D eigenvalue weighted by atomic mass is 10.1. The standard InChI is InChI=1S/C17H21ClN2O/c1-21-17-7-6-14(18)8-13(17)10-20-9-12-4-2-3-5-16(19)15(12)11-20/h6-9,11,16H,2-5,10,19H2,1H3. The number of halogens is 1. The fourth-order valence-electron chi connectivity index (χ4n) is 3.11. The van der Waals surface area contributed by atoms with Gasteiger partial charge in [0.25, 0.3) is 0 Å². The van der Waals surface area contributed by atoms with Gasteiger partial charge in [-0.25, -0.2) is 0 Å². The number of hydrogen-bond donors (Lipinski definition) is 1. The summed E-state index contributed by atoms with van der Waals surface area (Å²) >= 11 is 6.10.